The lowest BCUT2D eigenvalue weighted by Gasteiger charge is -2.32. The molecule has 1 aromatic heterocycles. The van der Waals surface area contributed by atoms with E-state index in [9.17, 15) is 9.18 Å². The van der Waals surface area contributed by atoms with Crippen LogP contribution in [0.2, 0.25) is 0 Å². The topological polar surface area (TPSA) is 45.2 Å². The molecular weight excluding hydrogens is 365 g/mol. The Kier molecular flexibility index (Phi) is 5.96. The SMILES string of the molecule is O=C(Nc1cccc(-c2ccc(F)cc2)c1)[C@H]1CCCN(Cc2cccnc2)C1. The Morgan fingerprint density at radius 2 is 1.97 bits per heavy atom. The number of benzene rings is 2. The molecule has 1 atom stereocenters. The number of carbonyl (C=O) groups excluding carboxylic acids is 1. The molecule has 4 rings (SSSR count). The van der Waals surface area contributed by atoms with Gasteiger partial charge in [0.05, 0.1) is 5.92 Å². The Labute approximate surface area is 170 Å². The van der Waals surface area contributed by atoms with E-state index in [1.807, 2.05) is 36.5 Å². The maximum atomic E-state index is 13.2. The Balaban J connectivity index is 1.40. The zero-order valence-electron chi connectivity index (χ0n) is 16.2. The van der Waals surface area contributed by atoms with Crippen LogP contribution in [0, 0.1) is 11.7 Å². The molecule has 29 heavy (non-hydrogen) atoms. The van der Waals surface area contributed by atoms with Crippen molar-refractivity contribution in [3.05, 3.63) is 84.4 Å². The normalized spacial score (nSPS) is 17.1. The van der Waals surface area contributed by atoms with E-state index in [0.29, 0.717) is 0 Å². The van der Waals surface area contributed by atoms with E-state index in [1.54, 1.807) is 18.3 Å². The Morgan fingerprint density at radius 3 is 2.76 bits per heavy atom. The fourth-order valence-electron chi connectivity index (χ4n) is 3.83. The summed E-state index contributed by atoms with van der Waals surface area (Å²) in [5, 5.41) is 3.07. The minimum absolute atomic E-state index is 0.0325. The van der Waals surface area contributed by atoms with Crippen LogP contribution in [-0.4, -0.2) is 28.9 Å². The monoisotopic (exact) mass is 389 g/mol. The largest absolute Gasteiger partial charge is 0.326 e. The lowest BCUT2D eigenvalue weighted by atomic mass is 9.96. The van der Waals surface area contributed by atoms with Crippen LogP contribution < -0.4 is 5.32 Å². The van der Waals surface area contributed by atoms with E-state index in [1.165, 1.54) is 17.7 Å². The first-order valence-electron chi connectivity index (χ1n) is 9.95. The molecule has 1 fully saturated rings. The number of piperidine rings is 1. The molecule has 2 heterocycles. The van der Waals surface area contributed by atoms with E-state index in [4.69, 9.17) is 0 Å². The zero-order valence-corrected chi connectivity index (χ0v) is 16.2. The van der Waals surface area contributed by atoms with Crippen molar-refractivity contribution in [2.24, 2.45) is 5.92 Å². The van der Waals surface area contributed by atoms with Crippen LogP contribution in [0.25, 0.3) is 11.1 Å². The lowest BCUT2D eigenvalue weighted by Crippen LogP contribution is -2.40. The molecule has 0 aliphatic carbocycles. The molecule has 0 saturated carbocycles. The Morgan fingerprint density at radius 1 is 1.10 bits per heavy atom. The number of rotatable bonds is 5. The number of anilines is 1. The quantitative estimate of drug-likeness (QED) is 0.686. The van der Waals surface area contributed by atoms with Crippen molar-refractivity contribution >= 4 is 11.6 Å². The summed E-state index contributed by atoms with van der Waals surface area (Å²) < 4.78 is 13.2. The van der Waals surface area contributed by atoms with Crippen molar-refractivity contribution in [3.63, 3.8) is 0 Å². The van der Waals surface area contributed by atoms with Crippen molar-refractivity contribution in [2.45, 2.75) is 19.4 Å². The van der Waals surface area contributed by atoms with Crippen LogP contribution in [0.1, 0.15) is 18.4 Å². The summed E-state index contributed by atoms with van der Waals surface area (Å²) in [6, 6.07) is 18.1. The fourth-order valence-corrected chi connectivity index (χ4v) is 3.83. The molecule has 0 unspecified atom stereocenters. The van der Waals surface area contributed by atoms with E-state index in [0.717, 1.165) is 49.3 Å². The predicted molar refractivity (Wildman–Crippen MR) is 113 cm³/mol. The zero-order chi connectivity index (χ0) is 20.1. The van der Waals surface area contributed by atoms with Gasteiger partial charge in [0.25, 0.3) is 0 Å². The van der Waals surface area contributed by atoms with Gasteiger partial charge in [-0.2, -0.15) is 0 Å². The van der Waals surface area contributed by atoms with Crippen LogP contribution >= 0.6 is 0 Å². The molecule has 5 heteroatoms. The van der Waals surface area contributed by atoms with Gasteiger partial charge in [-0.15, -0.1) is 0 Å². The van der Waals surface area contributed by atoms with Gasteiger partial charge in [-0.25, -0.2) is 4.39 Å². The number of amides is 1. The molecule has 1 saturated heterocycles. The van der Waals surface area contributed by atoms with Crippen LogP contribution in [-0.2, 0) is 11.3 Å². The van der Waals surface area contributed by atoms with Gasteiger partial charge in [-0.05, 0) is 66.4 Å². The minimum Gasteiger partial charge on any atom is -0.326 e. The van der Waals surface area contributed by atoms with Gasteiger partial charge < -0.3 is 5.32 Å². The van der Waals surface area contributed by atoms with E-state index in [2.05, 4.69) is 21.3 Å². The second kappa shape index (κ2) is 8.97. The van der Waals surface area contributed by atoms with E-state index in [-0.39, 0.29) is 17.6 Å². The van der Waals surface area contributed by atoms with Crippen LogP contribution in [0.4, 0.5) is 10.1 Å². The van der Waals surface area contributed by atoms with Gasteiger partial charge >= 0.3 is 0 Å². The molecule has 3 aromatic rings. The van der Waals surface area contributed by atoms with Gasteiger partial charge in [-0.1, -0.05) is 30.3 Å². The lowest BCUT2D eigenvalue weighted by molar-refractivity contribution is -0.121. The summed E-state index contributed by atoms with van der Waals surface area (Å²) in [5.74, 6) is -0.238. The predicted octanol–water partition coefficient (Wildman–Crippen LogP) is 4.74. The summed E-state index contributed by atoms with van der Waals surface area (Å²) in [6.45, 7) is 2.56. The second-order valence-electron chi connectivity index (χ2n) is 7.51. The van der Waals surface area contributed by atoms with E-state index >= 15 is 0 Å². The number of hydrogen-bond acceptors (Lipinski definition) is 3. The highest BCUT2D eigenvalue weighted by Gasteiger charge is 2.26. The molecule has 1 aliphatic heterocycles. The average Bonchev–Trinajstić information content (AvgIpc) is 2.75. The number of nitrogens with zero attached hydrogens (tertiary/aromatic N) is 2. The van der Waals surface area contributed by atoms with Crippen molar-refractivity contribution in [1.29, 1.82) is 0 Å². The second-order valence-corrected chi connectivity index (χ2v) is 7.51. The molecule has 148 valence electrons. The van der Waals surface area contributed by atoms with Crippen molar-refractivity contribution in [1.82, 2.24) is 9.88 Å². The first kappa shape index (κ1) is 19.3. The van der Waals surface area contributed by atoms with Crippen molar-refractivity contribution in [3.8, 4) is 11.1 Å². The smallest absolute Gasteiger partial charge is 0.228 e. The first-order chi connectivity index (χ1) is 14.2. The van der Waals surface area contributed by atoms with Crippen LogP contribution in [0.3, 0.4) is 0 Å². The maximum absolute atomic E-state index is 13.2. The van der Waals surface area contributed by atoms with Gasteiger partial charge in [0.2, 0.25) is 5.91 Å². The molecule has 2 aromatic carbocycles. The highest BCUT2D eigenvalue weighted by Crippen LogP contribution is 2.25. The highest BCUT2D eigenvalue weighted by atomic mass is 19.1. The molecule has 1 amide bonds. The summed E-state index contributed by atoms with van der Waals surface area (Å²) in [7, 11) is 0. The number of halogens is 1. The third-order valence-electron chi connectivity index (χ3n) is 5.31. The summed E-state index contributed by atoms with van der Waals surface area (Å²) in [4.78, 5) is 19.3. The standard InChI is InChI=1S/C24H24FN3O/c25-22-10-8-19(9-11-22)20-5-1-7-23(14-20)27-24(29)21-6-3-13-28(17-21)16-18-4-2-12-26-15-18/h1-2,4-5,7-12,14-15,21H,3,6,13,16-17H2,(H,27,29)/t21-/m0/s1. The van der Waals surface area contributed by atoms with Gasteiger partial charge in [0, 0.05) is 31.2 Å². The number of carbonyl (C=O) groups is 1. The number of likely N-dealkylation sites (tertiary alicyclic amines) is 1. The highest BCUT2D eigenvalue weighted by molar-refractivity contribution is 5.93. The van der Waals surface area contributed by atoms with Gasteiger partial charge in [-0.3, -0.25) is 14.7 Å². The van der Waals surface area contributed by atoms with Gasteiger partial charge in [0.15, 0.2) is 0 Å². The molecule has 4 nitrogen and oxygen atoms in total. The Hall–Kier alpha value is -3.05. The number of nitrogens with one attached hydrogen (secondary N) is 1. The minimum atomic E-state index is -0.258. The maximum Gasteiger partial charge on any atom is 0.228 e. The molecule has 1 aliphatic rings. The first-order valence-corrected chi connectivity index (χ1v) is 9.95. The van der Waals surface area contributed by atoms with Gasteiger partial charge in [0.1, 0.15) is 5.82 Å². The van der Waals surface area contributed by atoms with Crippen molar-refractivity contribution in [2.75, 3.05) is 18.4 Å². The van der Waals surface area contributed by atoms with E-state index < -0.39 is 0 Å². The molecule has 0 bridgehead atoms. The molecular formula is C24H24FN3O. The molecule has 1 N–H and O–H groups in total. The summed E-state index contributed by atoms with van der Waals surface area (Å²) >= 11 is 0. The number of hydrogen-bond donors (Lipinski definition) is 1. The number of pyridine rings is 1. The third kappa shape index (κ3) is 5.06. The van der Waals surface area contributed by atoms with Crippen LogP contribution in [0.5, 0.6) is 0 Å². The summed E-state index contributed by atoms with van der Waals surface area (Å²) in [6.07, 6.45) is 5.56. The summed E-state index contributed by atoms with van der Waals surface area (Å²) in [5.41, 5.74) is 3.80. The van der Waals surface area contributed by atoms with Crippen LogP contribution in [0.15, 0.2) is 73.1 Å². The third-order valence-corrected chi connectivity index (χ3v) is 5.31. The average molecular weight is 389 g/mol. The molecule has 0 spiro atoms. The molecule has 0 radical (unpaired) electrons. The Bertz CT molecular complexity index is 959. The fraction of sp³-hybridized carbons (Fsp3) is 0.250. The number of aromatic nitrogens is 1. The van der Waals surface area contributed by atoms with Crippen molar-refractivity contribution < 1.29 is 9.18 Å².